The van der Waals surface area contributed by atoms with E-state index in [4.69, 9.17) is 39.2 Å². The van der Waals surface area contributed by atoms with E-state index in [1.54, 1.807) is 0 Å². The van der Waals surface area contributed by atoms with Crippen molar-refractivity contribution in [1.29, 1.82) is 0 Å². The van der Waals surface area contributed by atoms with Gasteiger partial charge in [-0.1, -0.05) is 5.21 Å². The third-order valence-electron chi connectivity index (χ3n) is 7.08. The fraction of sp³-hybridized carbons (Fsp3) is 0.526. The molecule has 4 aromatic heterocycles. The molecule has 10 atom stereocenters. The minimum absolute atomic E-state index is 0.0334. The van der Waals surface area contributed by atoms with Crippen LogP contribution in [0.3, 0.4) is 0 Å². The lowest BCUT2D eigenvalue weighted by atomic mass is 10.1. The van der Waals surface area contributed by atoms with Crippen molar-refractivity contribution in [3.8, 4) is 0 Å². The first-order chi connectivity index (χ1) is 21.3. The van der Waals surface area contributed by atoms with Crippen molar-refractivity contribution in [2.45, 2.75) is 49.3 Å². The lowest BCUT2D eigenvalue weighted by molar-refractivity contribution is -0.170. The van der Waals surface area contributed by atoms with Crippen molar-refractivity contribution in [1.82, 2.24) is 44.5 Å². The molecule has 24 nitrogen and oxygen atoms in total. The number of nitrogen functional groups attached to an aromatic ring is 2. The van der Waals surface area contributed by atoms with Gasteiger partial charge in [0.25, 0.3) is 5.56 Å². The predicted octanol–water partition coefficient (Wildman–Crippen LogP) is -2.95. The first-order valence-electron chi connectivity index (χ1n) is 12.8. The summed E-state index contributed by atoms with van der Waals surface area (Å²) in [4.78, 5) is 51.7. The number of hydrogen-bond donors (Lipinski definition) is 7. The molecule has 3 saturated heterocycles. The molecule has 7 heterocycles. The number of aromatic amines is 1. The summed E-state index contributed by atoms with van der Waals surface area (Å²) in [5, 5.41) is 29.5. The molecule has 3 aliphatic heterocycles. The molecular formula is C19H23N11O13P2. The van der Waals surface area contributed by atoms with Crippen LogP contribution in [-0.4, -0.2) is 114 Å². The number of ether oxygens (including phenoxy) is 3. The van der Waals surface area contributed by atoms with E-state index < -0.39 is 83.2 Å². The first kappa shape index (κ1) is 30.2. The van der Waals surface area contributed by atoms with Crippen LogP contribution in [0, 0.1) is 0 Å². The Morgan fingerprint density at radius 2 is 1.78 bits per heavy atom. The highest BCUT2D eigenvalue weighted by Crippen LogP contribution is 2.53. The summed E-state index contributed by atoms with van der Waals surface area (Å²) in [7, 11) is -9.96. The molecule has 0 radical (unpaired) electrons. The van der Waals surface area contributed by atoms with E-state index in [1.807, 2.05) is 0 Å². The number of fused-ring (bicyclic) bond motifs is 5. The van der Waals surface area contributed by atoms with Crippen LogP contribution in [-0.2, 0) is 36.9 Å². The number of imidazole rings is 1. The van der Waals surface area contributed by atoms with Crippen molar-refractivity contribution in [3.05, 3.63) is 23.0 Å². The molecule has 7 rings (SSSR count). The highest BCUT2D eigenvalue weighted by Gasteiger charge is 2.54. The molecule has 3 fully saturated rings. The lowest BCUT2D eigenvalue weighted by Crippen LogP contribution is -2.36. The Morgan fingerprint density at radius 1 is 0.978 bits per heavy atom. The lowest BCUT2D eigenvalue weighted by Gasteiger charge is -2.25. The van der Waals surface area contributed by atoms with Gasteiger partial charge in [-0.15, -0.1) is 5.10 Å². The number of aliphatic hydroxyl groups is 2. The fourth-order valence-corrected chi connectivity index (χ4v) is 7.08. The highest BCUT2D eigenvalue weighted by atomic mass is 31.2. The zero-order valence-electron chi connectivity index (χ0n) is 22.3. The van der Waals surface area contributed by atoms with Gasteiger partial charge in [-0.2, -0.15) is 9.67 Å². The average molecular weight is 675 g/mol. The largest absolute Gasteiger partial charge is 0.472 e. The minimum Gasteiger partial charge on any atom is -0.386 e. The second-order valence-corrected chi connectivity index (χ2v) is 13.2. The molecule has 0 aliphatic carbocycles. The molecule has 4 aromatic rings. The number of nitrogens with one attached hydrogen (secondary N) is 1. The number of nitrogens with two attached hydrogens (primary N) is 2. The predicted molar refractivity (Wildman–Crippen MR) is 141 cm³/mol. The number of phosphoric acid groups is 1. The van der Waals surface area contributed by atoms with E-state index in [2.05, 4.69) is 35.2 Å². The summed E-state index contributed by atoms with van der Waals surface area (Å²) in [5.74, 6) is -0.297. The molecule has 0 aromatic carbocycles. The minimum atomic E-state index is -5.16. The van der Waals surface area contributed by atoms with Crippen LogP contribution in [0.2, 0.25) is 0 Å². The highest BCUT2D eigenvalue weighted by molar-refractivity contribution is 7.52. The Morgan fingerprint density at radius 3 is 2.58 bits per heavy atom. The number of nitrogens with zero attached hydrogens (tertiary/aromatic N) is 8. The van der Waals surface area contributed by atoms with E-state index in [1.165, 1.54) is 10.9 Å². The number of H-pyrrole nitrogens is 1. The molecule has 9 N–H and O–H groups in total. The van der Waals surface area contributed by atoms with E-state index in [-0.39, 0.29) is 34.1 Å². The van der Waals surface area contributed by atoms with Gasteiger partial charge < -0.3 is 45.7 Å². The Balaban J connectivity index is 1.21. The van der Waals surface area contributed by atoms with E-state index in [0.29, 0.717) is 0 Å². The topological polar surface area (TPSA) is 343 Å². The molecular weight excluding hydrogens is 652 g/mol. The Bertz CT molecular complexity index is 1940. The molecule has 0 spiro atoms. The van der Waals surface area contributed by atoms with Crippen LogP contribution in [0.1, 0.15) is 12.5 Å². The number of anilines is 2. The van der Waals surface area contributed by atoms with Crippen LogP contribution < -0.4 is 17.0 Å². The SMILES string of the molecule is Nc1nc2c(nnn2[C@@H]2O[C@@H]3OCP(=O)(O)O[C@H]4[C@H](O)[C@H](n5cnc6c(N)ncnc65)O[C@@H]4COP(=O)(O)O[C@@H]2[C@@H]3O)c(=O)[nH]1. The van der Waals surface area contributed by atoms with Crippen LogP contribution in [0.5, 0.6) is 0 Å². The number of phosphoric ester groups is 1. The molecule has 2 bridgehead atoms. The van der Waals surface area contributed by atoms with E-state index in [0.717, 1.165) is 11.0 Å². The first-order valence-corrected chi connectivity index (χ1v) is 16.1. The van der Waals surface area contributed by atoms with Gasteiger partial charge in [0, 0.05) is 0 Å². The Labute approximate surface area is 248 Å². The summed E-state index contributed by atoms with van der Waals surface area (Å²) in [5.41, 5.74) is 10.4. The van der Waals surface area contributed by atoms with Gasteiger partial charge in [0.15, 0.2) is 47.7 Å². The third kappa shape index (κ3) is 5.29. The summed E-state index contributed by atoms with van der Waals surface area (Å²) in [6.45, 7) is -0.839. The van der Waals surface area contributed by atoms with Crippen molar-refractivity contribution < 1.29 is 56.9 Å². The Kier molecular flexibility index (Phi) is 7.23. The molecule has 3 aliphatic rings. The second-order valence-electron chi connectivity index (χ2n) is 10.0. The maximum absolute atomic E-state index is 13.2. The maximum Gasteiger partial charge on any atom is 0.472 e. The summed E-state index contributed by atoms with van der Waals surface area (Å²) in [6.07, 6.45) is -12.1. The number of rotatable bonds is 2. The quantitative estimate of drug-likeness (QED) is 0.104. The van der Waals surface area contributed by atoms with Gasteiger partial charge in [0.2, 0.25) is 5.95 Å². The summed E-state index contributed by atoms with van der Waals surface area (Å²) in [6, 6.07) is 0. The average Bonchev–Trinajstić information content (AvgIpc) is 3.72. The molecule has 242 valence electrons. The number of aromatic nitrogens is 9. The molecule has 2 unspecified atom stereocenters. The standard InChI is InChI=1S/C19H23N11O13P2/c20-12-6-13(23-2-22-12)29(3-24-6)16-8(31)10-5(40-16)1-39-45(36,37)43-11-9(32)18(38-4-44(34,35)42-10)41-17(11)30-14-7(27-28-30)15(33)26-19(21)25-14/h2-3,5,8-11,16-18,31-32H,1,4H2,(H,34,35)(H,36,37)(H2,20,22,23)(H3,21,25,26,33)/t5-,8+,9+,10-,11-,16-,17-,18+/m1/s1. The van der Waals surface area contributed by atoms with Crippen LogP contribution >= 0.6 is 15.4 Å². The maximum atomic E-state index is 13.2. The van der Waals surface area contributed by atoms with Crippen molar-refractivity contribution in [2.75, 3.05) is 24.4 Å². The van der Waals surface area contributed by atoms with E-state index in [9.17, 15) is 33.9 Å². The van der Waals surface area contributed by atoms with Gasteiger partial charge in [-0.3, -0.25) is 32.5 Å². The van der Waals surface area contributed by atoms with Crippen LogP contribution in [0.25, 0.3) is 22.3 Å². The Hall–Kier alpha value is -3.51. The summed E-state index contributed by atoms with van der Waals surface area (Å²) < 4.78 is 60.9. The number of aliphatic hydroxyl groups excluding tert-OH is 2. The van der Waals surface area contributed by atoms with E-state index >= 15 is 0 Å². The molecule has 26 heteroatoms. The second kappa shape index (κ2) is 10.8. The van der Waals surface area contributed by atoms with Gasteiger partial charge >= 0.3 is 15.4 Å². The molecule has 0 amide bonds. The van der Waals surface area contributed by atoms with Crippen molar-refractivity contribution >= 4 is 49.5 Å². The summed E-state index contributed by atoms with van der Waals surface area (Å²) >= 11 is 0. The van der Waals surface area contributed by atoms with Gasteiger partial charge in [0.05, 0.1) is 12.9 Å². The number of hydrogen-bond acceptors (Lipinski definition) is 19. The van der Waals surface area contributed by atoms with Crippen LogP contribution in [0.15, 0.2) is 17.4 Å². The molecule has 0 saturated carbocycles. The van der Waals surface area contributed by atoms with Crippen LogP contribution in [0.4, 0.5) is 11.8 Å². The smallest absolute Gasteiger partial charge is 0.386 e. The normalized spacial score (nSPS) is 37.7. The zero-order chi connectivity index (χ0) is 31.8. The molecule has 45 heavy (non-hydrogen) atoms. The van der Waals surface area contributed by atoms with Gasteiger partial charge in [-0.05, 0) is 0 Å². The fourth-order valence-electron chi connectivity index (χ4n) is 5.11. The van der Waals surface area contributed by atoms with Gasteiger partial charge in [-0.25, -0.2) is 19.5 Å². The van der Waals surface area contributed by atoms with Crippen molar-refractivity contribution in [3.63, 3.8) is 0 Å². The monoisotopic (exact) mass is 675 g/mol. The third-order valence-corrected chi connectivity index (χ3v) is 9.11. The van der Waals surface area contributed by atoms with Gasteiger partial charge in [0.1, 0.15) is 42.4 Å². The zero-order valence-corrected chi connectivity index (χ0v) is 24.1. The van der Waals surface area contributed by atoms with Crippen molar-refractivity contribution in [2.24, 2.45) is 0 Å².